The monoisotopic (exact) mass is 141 g/mol. The van der Waals surface area contributed by atoms with Gasteiger partial charge in [-0.2, -0.15) is 0 Å². The van der Waals surface area contributed by atoms with Crippen molar-refractivity contribution in [2.45, 2.75) is 39.7 Å². The first-order valence-corrected chi connectivity index (χ1v) is 4.34. The van der Waals surface area contributed by atoms with E-state index >= 15 is 0 Å². The fraction of sp³-hybridized carbons (Fsp3) is 1.00. The highest BCUT2D eigenvalue weighted by atomic mass is 15.2. The van der Waals surface area contributed by atoms with Crippen LogP contribution in [-0.4, -0.2) is 24.5 Å². The Morgan fingerprint density at radius 2 is 2.10 bits per heavy atom. The molecule has 1 heteroatoms. The lowest BCUT2D eigenvalue weighted by Crippen LogP contribution is -2.60. The zero-order valence-electron chi connectivity index (χ0n) is 7.65. The highest BCUT2D eigenvalue weighted by Crippen LogP contribution is 2.40. The van der Waals surface area contributed by atoms with E-state index < -0.39 is 0 Å². The van der Waals surface area contributed by atoms with Crippen molar-refractivity contribution in [3.63, 3.8) is 0 Å². The quantitative estimate of drug-likeness (QED) is 0.569. The van der Waals surface area contributed by atoms with Crippen LogP contribution in [0.1, 0.15) is 33.6 Å². The number of rotatable bonds is 2. The van der Waals surface area contributed by atoms with E-state index in [0.717, 1.165) is 6.04 Å². The van der Waals surface area contributed by atoms with Crippen LogP contribution in [0.25, 0.3) is 0 Å². The lowest BCUT2D eigenvalue weighted by atomic mass is 9.70. The average molecular weight is 141 g/mol. The van der Waals surface area contributed by atoms with Crippen molar-refractivity contribution < 1.29 is 0 Å². The molecule has 2 atom stereocenters. The molecule has 0 aromatic rings. The Morgan fingerprint density at radius 1 is 1.50 bits per heavy atom. The van der Waals surface area contributed by atoms with Crippen LogP contribution in [0, 0.1) is 5.41 Å². The molecule has 2 unspecified atom stereocenters. The van der Waals surface area contributed by atoms with E-state index in [1.165, 1.54) is 19.4 Å². The molecule has 1 fully saturated rings. The highest BCUT2D eigenvalue weighted by molar-refractivity contribution is 4.98. The average Bonchev–Trinajstić information content (AvgIpc) is 1.88. The summed E-state index contributed by atoms with van der Waals surface area (Å²) in [7, 11) is 2.23. The molecular formula is C9H19N. The highest BCUT2D eigenvalue weighted by Gasteiger charge is 2.43. The van der Waals surface area contributed by atoms with Crippen molar-refractivity contribution in [3.8, 4) is 0 Å². The molecule has 0 radical (unpaired) electrons. The molecule has 0 N–H and O–H groups in total. The van der Waals surface area contributed by atoms with Crippen LogP contribution in [0.4, 0.5) is 0 Å². The van der Waals surface area contributed by atoms with Crippen molar-refractivity contribution >= 4 is 0 Å². The molecule has 0 amide bonds. The van der Waals surface area contributed by atoms with Crippen LogP contribution in [0.2, 0.25) is 0 Å². The molecular weight excluding hydrogens is 122 g/mol. The van der Waals surface area contributed by atoms with Gasteiger partial charge in [-0.05, 0) is 25.3 Å². The van der Waals surface area contributed by atoms with Gasteiger partial charge in [-0.15, -0.1) is 0 Å². The summed E-state index contributed by atoms with van der Waals surface area (Å²) in [5.41, 5.74) is 0.628. The summed E-state index contributed by atoms with van der Waals surface area (Å²) in [5.74, 6) is 0. The SMILES string of the molecule is CCC1N(C)CC1(C)CC. The minimum absolute atomic E-state index is 0.628. The fourth-order valence-electron chi connectivity index (χ4n) is 2.36. The minimum Gasteiger partial charge on any atom is -0.302 e. The van der Waals surface area contributed by atoms with Crippen LogP contribution in [0.3, 0.4) is 0 Å². The van der Waals surface area contributed by atoms with Gasteiger partial charge in [-0.25, -0.2) is 0 Å². The Morgan fingerprint density at radius 3 is 2.30 bits per heavy atom. The number of likely N-dealkylation sites (tertiary alicyclic amines) is 1. The minimum atomic E-state index is 0.628. The lowest BCUT2D eigenvalue weighted by molar-refractivity contribution is -0.0471. The first-order valence-electron chi connectivity index (χ1n) is 4.34. The van der Waals surface area contributed by atoms with Crippen molar-refractivity contribution in [1.29, 1.82) is 0 Å². The lowest BCUT2D eigenvalue weighted by Gasteiger charge is -2.54. The smallest absolute Gasteiger partial charge is 0.0156 e. The summed E-state index contributed by atoms with van der Waals surface area (Å²) in [6.07, 6.45) is 2.64. The fourth-order valence-corrected chi connectivity index (χ4v) is 2.36. The van der Waals surface area contributed by atoms with E-state index in [4.69, 9.17) is 0 Å². The molecule has 1 heterocycles. The second-order valence-corrected chi connectivity index (χ2v) is 3.85. The van der Waals surface area contributed by atoms with Crippen molar-refractivity contribution in [3.05, 3.63) is 0 Å². The topological polar surface area (TPSA) is 3.24 Å². The second kappa shape index (κ2) is 2.54. The van der Waals surface area contributed by atoms with Crippen LogP contribution in [-0.2, 0) is 0 Å². The van der Waals surface area contributed by atoms with E-state index in [1.807, 2.05) is 0 Å². The Bertz CT molecular complexity index is 122. The van der Waals surface area contributed by atoms with Gasteiger partial charge in [0.1, 0.15) is 0 Å². The third-order valence-electron chi connectivity index (χ3n) is 3.14. The summed E-state index contributed by atoms with van der Waals surface area (Å²) < 4.78 is 0. The molecule has 0 aliphatic carbocycles. The normalized spacial score (nSPS) is 41.4. The van der Waals surface area contributed by atoms with E-state index in [1.54, 1.807) is 0 Å². The van der Waals surface area contributed by atoms with Gasteiger partial charge in [0.15, 0.2) is 0 Å². The number of hydrogen-bond acceptors (Lipinski definition) is 1. The molecule has 1 aliphatic heterocycles. The van der Waals surface area contributed by atoms with Crippen LogP contribution in [0.5, 0.6) is 0 Å². The first kappa shape index (κ1) is 8.06. The zero-order chi connectivity index (χ0) is 7.78. The molecule has 0 aromatic carbocycles. The Kier molecular flexibility index (Phi) is 2.04. The van der Waals surface area contributed by atoms with Gasteiger partial charge in [0.25, 0.3) is 0 Å². The van der Waals surface area contributed by atoms with Gasteiger partial charge >= 0.3 is 0 Å². The molecule has 1 nitrogen and oxygen atoms in total. The molecule has 10 heavy (non-hydrogen) atoms. The maximum atomic E-state index is 2.46. The molecule has 60 valence electrons. The Balaban J connectivity index is 2.51. The Labute approximate surface area is 64.4 Å². The molecule has 0 aromatic heterocycles. The molecule has 0 bridgehead atoms. The van der Waals surface area contributed by atoms with E-state index in [2.05, 4.69) is 32.7 Å². The van der Waals surface area contributed by atoms with Gasteiger partial charge in [0, 0.05) is 12.6 Å². The van der Waals surface area contributed by atoms with Gasteiger partial charge in [0.05, 0.1) is 0 Å². The van der Waals surface area contributed by atoms with Crippen molar-refractivity contribution in [2.24, 2.45) is 5.41 Å². The predicted molar refractivity (Wildman–Crippen MR) is 45.1 cm³/mol. The summed E-state index contributed by atoms with van der Waals surface area (Å²) in [5, 5.41) is 0. The van der Waals surface area contributed by atoms with Gasteiger partial charge in [0.2, 0.25) is 0 Å². The molecule has 0 spiro atoms. The summed E-state index contributed by atoms with van der Waals surface area (Å²) in [4.78, 5) is 2.46. The Hall–Kier alpha value is -0.0400. The largest absolute Gasteiger partial charge is 0.302 e. The molecule has 1 saturated heterocycles. The molecule has 1 rings (SSSR count). The van der Waals surface area contributed by atoms with E-state index in [9.17, 15) is 0 Å². The predicted octanol–water partition coefficient (Wildman–Crippen LogP) is 2.13. The van der Waals surface area contributed by atoms with E-state index in [-0.39, 0.29) is 0 Å². The summed E-state index contributed by atoms with van der Waals surface area (Å²) >= 11 is 0. The number of nitrogens with zero attached hydrogens (tertiary/aromatic N) is 1. The van der Waals surface area contributed by atoms with Crippen molar-refractivity contribution in [2.75, 3.05) is 13.6 Å². The summed E-state index contributed by atoms with van der Waals surface area (Å²) in [6.45, 7) is 8.28. The van der Waals surface area contributed by atoms with Crippen LogP contribution in [0.15, 0.2) is 0 Å². The summed E-state index contributed by atoms with van der Waals surface area (Å²) in [6, 6.07) is 0.845. The van der Waals surface area contributed by atoms with Gasteiger partial charge in [-0.1, -0.05) is 20.8 Å². The zero-order valence-corrected chi connectivity index (χ0v) is 7.65. The van der Waals surface area contributed by atoms with E-state index in [0.29, 0.717) is 5.41 Å². The maximum Gasteiger partial charge on any atom is 0.0156 e. The van der Waals surface area contributed by atoms with Gasteiger partial charge in [-0.3, -0.25) is 0 Å². The second-order valence-electron chi connectivity index (χ2n) is 3.85. The molecule has 1 aliphatic rings. The van der Waals surface area contributed by atoms with Gasteiger partial charge < -0.3 is 4.90 Å². The van der Waals surface area contributed by atoms with Crippen LogP contribution < -0.4 is 0 Å². The van der Waals surface area contributed by atoms with Crippen LogP contribution >= 0.6 is 0 Å². The third kappa shape index (κ3) is 0.968. The van der Waals surface area contributed by atoms with Crippen molar-refractivity contribution in [1.82, 2.24) is 4.90 Å². The number of hydrogen-bond donors (Lipinski definition) is 0. The molecule has 0 saturated carbocycles. The standard InChI is InChI=1S/C9H19N/c1-5-8-9(3,6-2)7-10(8)4/h8H,5-7H2,1-4H3. The maximum absolute atomic E-state index is 2.46. The third-order valence-corrected chi connectivity index (χ3v) is 3.14. The first-order chi connectivity index (χ1) is 4.64.